The number of fused-ring (bicyclic) bond motifs is 1. The normalized spacial score (nSPS) is 22.8. The predicted octanol–water partition coefficient (Wildman–Crippen LogP) is 2.34. The van der Waals surface area contributed by atoms with Crippen molar-refractivity contribution in [2.75, 3.05) is 11.4 Å². The smallest absolute Gasteiger partial charge is 0.258 e. The summed E-state index contributed by atoms with van der Waals surface area (Å²) in [5.74, 6) is 0.167. The third-order valence-electron chi connectivity index (χ3n) is 4.65. The average molecular weight is 332 g/mol. The number of rotatable bonds is 3. The number of thiophene rings is 1. The zero-order chi connectivity index (χ0) is 16.1. The van der Waals surface area contributed by atoms with Crippen LogP contribution < -0.4 is 10.6 Å². The van der Waals surface area contributed by atoms with Gasteiger partial charge in [0.1, 0.15) is 6.17 Å². The first-order valence-corrected chi connectivity index (χ1v) is 8.56. The molecule has 5 nitrogen and oxygen atoms in total. The molecule has 2 aromatic rings. The number of amides is 1. The molecule has 1 saturated heterocycles. The minimum absolute atomic E-state index is 0.188. The first-order valence-electron chi connectivity index (χ1n) is 7.75. The van der Waals surface area contributed by atoms with Crippen LogP contribution in [0.15, 0.2) is 12.1 Å². The van der Waals surface area contributed by atoms with Gasteiger partial charge in [-0.1, -0.05) is 0 Å². The number of anilines is 1. The molecule has 0 spiro atoms. The monoisotopic (exact) mass is 332 g/mol. The molecule has 1 amide bonds. The Hall–Kier alpha value is -2.02. The van der Waals surface area contributed by atoms with E-state index in [1.165, 1.54) is 11.3 Å². The van der Waals surface area contributed by atoms with Crippen molar-refractivity contribution in [2.24, 2.45) is 5.73 Å². The second kappa shape index (κ2) is 5.26. The molecule has 120 valence electrons. The van der Waals surface area contributed by atoms with Gasteiger partial charge in [-0.2, -0.15) is 0 Å². The Morgan fingerprint density at radius 3 is 2.87 bits per heavy atom. The van der Waals surface area contributed by atoms with Gasteiger partial charge in [0.05, 0.1) is 28.0 Å². The highest BCUT2D eigenvalue weighted by Gasteiger charge is 2.38. The number of hydrogen-bond donors (Lipinski definition) is 1. The molecule has 0 bridgehead atoms. The van der Waals surface area contributed by atoms with Gasteiger partial charge in [0.25, 0.3) is 5.91 Å². The van der Waals surface area contributed by atoms with E-state index in [9.17, 15) is 9.18 Å². The molecule has 4 rings (SSSR count). The highest BCUT2D eigenvalue weighted by molar-refractivity contribution is 7.17. The van der Waals surface area contributed by atoms with Crippen molar-refractivity contribution in [1.82, 2.24) is 9.97 Å². The Balaban J connectivity index is 1.78. The van der Waals surface area contributed by atoms with Crippen LogP contribution in [-0.4, -0.2) is 34.6 Å². The number of nitrogens with zero attached hydrogens (tertiary/aromatic N) is 3. The molecule has 0 saturated carbocycles. The highest BCUT2D eigenvalue weighted by Crippen LogP contribution is 2.37. The summed E-state index contributed by atoms with van der Waals surface area (Å²) >= 11 is 1.35. The number of alkyl halides is 1. The molecule has 2 aromatic heterocycles. The van der Waals surface area contributed by atoms with Gasteiger partial charge < -0.3 is 10.6 Å². The van der Waals surface area contributed by atoms with Gasteiger partial charge in [0, 0.05) is 11.3 Å². The predicted molar refractivity (Wildman–Crippen MR) is 87.6 cm³/mol. The Labute approximate surface area is 137 Å². The molecule has 2 aliphatic rings. The van der Waals surface area contributed by atoms with Crippen molar-refractivity contribution in [3.05, 3.63) is 28.3 Å². The molecule has 7 heteroatoms. The molecular weight excluding hydrogens is 315 g/mol. The summed E-state index contributed by atoms with van der Waals surface area (Å²) in [5, 5.41) is 0. The second-order valence-electron chi connectivity index (χ2n) is 6.09. The average Bonchev–Trinajstić information content (AvgIpc) is 3.19. The zero-order valence-corrected chi connectivity index (χ0v) is 13.6. The lowest BCUT2D eigenvalue weighted by atomic mass is 10.0. The molecule has 1 fully saturated rings. The molecular formula is C16H17FN4OS. The number of nitrogens with two attached hydrogens (primary N) is 1. The van der Waals surface area contributed by atoms with Gasteiger partial charge in [-0.3, -0.25) is 4.79 Å². The van der Waals surface area contributed by atoms with Gasteiger partial charge in [-0.05, 0) is 38.3 Å². The lowest BCUT2D eigenvalue weighted by molar-refractivity contribution is 0.100. The number of carbonyl (C=O) groups is 1. The number of aryl methyl sites for hydroxylation is 1. The van der Waals surface area contributed by atoms with E-state index in [0.717, 1.165) is 41.1 Å². The summed E-state index contributed by atoms with van der Waals surface area (Å²) in [6, 6.07) is 3.43. The fourth-order valence-corrected chi connectivity index (χ4v) is 4.05. The van der Waals surface area contributed by atoms with E-state index in [0.29, 0.717) is 17.4 Å². The maximum Gasteiger partial charge on any atom is 0.258 e. The van der Waals surface area contributed by atoms with Crippen molar-refractivity contribution >= 4 is 23.2 Å². The number of carbonyl (C=O) groups excluding carboxylic acids is 1. The maximum atomic E-state index is 13.5. The lowest BCUT2D eigenvalue weighted by Gasteiger charge is -2.42. The molecule has 1 aliphatic carbocycles. The maximum absolute atomic E-state index is 13.5. The topological polar surface area (TPSA) is 72.1 Å². The number of hydrogen-bond acceptors (Lipinski definition) is 5. The Morgan fingerprint density at radius 2 is 2.22 bits per heavy atom. The summed E-state index contributed by atoms with van der Waals surface area (Å²) in [5.41, 5.74) is 8.42. The Bertz CT molecular complexity index is 790. The van der Waals surface area contributed by atoms with E-state index in [-0.39, 0.29) is 6.04 Å². The lowest BCUT2D eigenvalue weighted by Crippen LogP contribution is -2.57. The number of aromatic nitrogens is 2. The van der Waals surface area contributed by atoms with Crippen LogP contribution >= 0.6 is 11.3 Å². The number of halogens is 1. The standard InChI is InChI=1S/C16H17FN4OS/c1-8-10(17)7-21(8)16-19-11-4-2-3-9(11)14(20-16)12-5-6-13(23-12)15(18)22/h5-6,8,10H,2-4,7H2,1H3,(H2,18,22)/t8-,10+/m0/s1. The summed E-state index contributed by atoms with van der Waals surface area (Å²) < 4.78 is 13.5. The Morgan fingerprint density at radius 1 is 1.39 bits per heavy atom. The largest absolute Gasteiger partial charge is 0.365 e. The van der Waals surface area contributed by atoms with E-state index in [2.05, 4.69) is 4.98 Å². The van der Waals surface area contributed by atoms with Gasteiger partial charge in [-0.25, -0.2) is 14.4 Å². The fourth-order valence-electron chi connectivity index (χ4n) is 3.18. The molecule has 3 heterocycles. The van der Waals surface area contributed by atoms with E-state index in [4.69, 9.17) is 10.7 Å². The van der Waals surface area contributed by atoms with E-state index < -0.39 is 12.1 Å². The third kappa shape index (κ3) is 2.30. The van der Waals surface area contributed by atoms with Crippen LogP contribution in [0.4, 0.5) is 10.3 Å². The molecule has 2 N–H and O–H groups in total. The first-order chi connectivity index (χ1) is 11.0. The van der Waals surface area contributed by atoms with Crippen LogP contribution in [0.3, 0.4) is 0 Å². The van der Waals surface area contributed by atoms with E-state index in [1.54, 1.807) is 6.07 Å². The van der Waals surface area contributed by atoms with Crippen LogP contribution in [0.25, 0.3) is 10.6 Å². The second-order valence-corrected chi connectivity index (χ2v) is 7.17. The van der Waals surface area contributed by atoms with Crippen LogP contribution in [0.2, 0.25) is 0 Å². The quantitative estimate of drug-likeness (QED) is 0.936. The molecule has 0 unspecified atom stereocenters. The molecule has 2 atom stereocenters. The van der Waals surface area contributed by atoms with Crippen LogP contribution in [-0.2, 0) is 12.8 Å². The summed E-state index contributed by atoms with van der Waals surface area (Å²) in [6.07, 6.45) is 2.09. The van der Waals surface area contributed by atoms with Gasteiger partial charge in [0.2, 0.25) is 5.95 Å². The van der Waals surface area contributed by atoms with E-state index in [1.807, 2.05) is 17.9 Å². The van der Waals surface area contributed by atoms with E-state index >= 15 is 0 Å². The highest BCUT2D eigenvalue weighted by atomic mass is 32.1. The van der Waals surface area contributed by atoms with Crippen molar-refractivity contribution in [3.8, 4) is 10.6 Å². The Kier molecular flexibility index (Phi) is 3.33. The first kappa shape index (κ1) is 14.6. The number of primary amides is 1. The van der Waals surface area contributed by atoms with Crippen LogP contribution in [0.5, 0.6) is 0 Å². The van der Waals surface area contributed by atoms with Crippen LogP contribution in [0.1, 0.15) is 34.3 Å². The van der Waals surface area contributed by atoms with Gasteiger partial charge in [-0.15, -0.1) is 11.3 Å². The summed E-state index contributed by atoms with van der Waals surface area (Å²) in [7, 11) is 0. The molecule has 0 radical (unpaired) electrons. The minimum Gasteiger partial charge on any atom is -0.365 e. The van der Waals surface area contributed by atoms with Crippen molar-refractivity contribution in [2.45, 2.75) is 38.4 Å². The van der Waals surface area contributed by atoms with Crippen molar-refractivity contribution < 1.29 is 9.18 Å². The van der Waals surface area contributed by atoms with Gasteiger partial charge in [0.15, 0.2) is 0 Å². The SMILES string of the molecule is C[C@H]1[C@H](F)CN1c1nc2c(c(-c3ccc(C(N)=O)s3)n1)CCC2. The minimum atomic E-state index is -0.821. The zero-order valence-electron chi connectivity index (χ0n) is 12.8. The molecule has 0 aromatic carbocycles. The third-order valence-corrected chi connectivity index (χ3v) is 5.75. The molecule has 1 aliphatic heterocycles. The van der Waals surface area contributed by atoms with Crippen LogP contribution in [0, 0.1) is 0 Å². The molecule has 23 heavy (non-hydrogen) atoms. The summed E-state index contributed by atoms with van der Waals surface area (Å²) in [4.78, 5) is 24.0. The fraction of sp³-hybridized carbons (Fsp3) is 0.438. The summed E-state index contributed by atoms with van der Waals surface area (Å²) in [6.45, 7) is 2.19. The van der Waals surface area contributed by atoms with Gasteiger partial charge >= 0.3 is 0 Å². The van der Waals surface area contributed by atoms with Crippen molar-refractivity contribution in [1.29, 1.82) is 0 Å². The van der Waals surface area contributed by atoms with Crippen molar-refractivity contribution in [3.63, 3.8) is 0 Å².